The lowest BCUT2D eigenvalue weighted by atomic mass is 9.95. The minimum absolute atomic E-state index is 0.354. The standard InChI is InChI=1S/C12H21N3O5/c1-7(14-11(20)12(2,3)4)10(19)15(5-8(13)16)6-9(17)18/h7H,5-6H2,1-4H3,(H2,13,16)(H,14,20)(H,17,18). The van der Waals surface area contributed by atoms with E-state index in [1.165, 1.54) is 6.92 Å². The fourth-order valence-corrected chi connectivity index (χ4v) is 1.31. The molecule has 0 fully saturated rings. The molecular formula is C12H21N3O5. The maximum Gasteiger partial charge on any atom is 0.323 e. The van der Waals surface area contributed by atoms with Gasteiger partial charge < -0.3 is 21.1 Å². The molecule has 0 aliphatic rings. The van der Waals surface area contributed by atoms with Gasteiger partial charge in [0, 0.05) is 5.41 Å². The number of nitrogens with one attached hydrogen (secondary N) is 1. The first kappa shape index (κ1) is 17.9. The molecule has 1 unspecified atom stereocenters. The molecule has 0 bridgehead atoms. The maximum atomic E-state index is 12.0. The van der Waals surface area contributed by atoms with Gasteiger partial charge >= 0.3 is 5.97 Å². The quantitative estimate of drug-likeness (QED) is 0.573. The Labute approximate surface area is 117 Å². The minimum Gasteiger partial charge on any atom is -0.480 e. The van der Waals surface area contributed by atoms with E-state index in [1.807, 2.05) is 0 Å². The second-order valence-corrected chi connectivity index (χ2v) is 5.50. The van der Waals surface area contributed by atoms with Gasteiger partial charge in [-0.3, -0.25) is 19.2 Å². The summed E-state index contributed by atoms with van der Waals surface area (Å²) in [4.78, 5) is 46.1. The number of nitrogens with two attached hydrogens (primary N) is 1. The van der Waals surface area contributed by atoms with Crippen LogP contribution in [-0.2, 0) is 19.2 Å². The number of rotatable bonds is 6. The monoisotopic (exact) mass is 287 g/mol. The summed E-state index contributed by atoms with van der Waals surface area (Å²) in [6.45, 7) is 5.29. The van der Waals surface area contributed by atoms with Gasteiger partial charge in [0.1, 0.15) is 19.1 Å². The first-order valence-electron chi connectivity index (χ1n) is 6.05. The van der Waals surface area contributed by atoms with Gasteiger partial charge in [0.2, 0.25) is 17.7 Å². The number of nitrogens with zero attached hydrogens (tertiary/aromatic N) is 1. The number of hydrogen-bond acceptors (Lipinski definition) is 4. The maximum absolute atomic E-state index is 12.0. The summed E-state index contributed by atoms with van der Waals surface area (Å²) in [5.41, 5.74) is 4.28. The molecule has 0 rings (SSSR count). The van der Waals surface area contributed by atoms with Crippen LogP contribution in [0.25, 0.3) is 0 Å². The third-order valence-electron chi connectivity index (χ3n) is 2.38. The van der Waals surface area contributed by atoms with E-state index in [2.05, 4.69) is 5.32 Å². The fourth-order valence-electron chi connectivity index (χ4n) is 1.31. The van der Waals surface area contributed by atoms with Crippen LogP contribution in [0.4, 0.5) is 0 Å². The number of carbonyl (C=O) groups is 4. The van der Waals surface area contributed by atoms with Gasteiger partial charge in [0.15, 0.2) is 0 Å². The van der Waals surface area contributed by atoms with Crippen molar-refractivity contribution >= 4 is 23.7 Å². The number of carboxylic acids is 1. The largest absolute Gasteiger partial charge is 0.480 e. The molecule has 3 amide bonds. The highest BCUT2D eigenvalue weighted by Crippen LogP contribution is 2.13. The van der Waals surface area contributed by atoms with Crippen LogP contribution < -0.4 is 11.1 Å². The Hall–Kier alpha value is -2.12. The second-order valence-electron chi connectivity index (χ2n) is 5.50. The Balaban J connectivity index is 4.83. The van der Waals surface area contributed by atoms with Crippen molar-refractivity contribution in [2.24, 2.45) is 11.1 Å². The number of hydrogen-bond donors (Lipinski definition) is 3. The van der Waals surface area contributed by atoms with Crippen LogP contribution >= 0.6 is 0 Å². The van der Waals surface area contributed by atoms with E-state index in [0.717, 1.165) is 4.90 Å². The van der Waals surface area contributed by atoms with Crippen LogP contribution in [0.5, 0.6) is 0 Å². The molecule has 1 atom stereocenters. The molecule has 0 heterocycles. The van der Waals surface area contributed by atoms with E-state index in [9.17, 15) is 19.2 Å². The molecule has 0 aromatic carbocycles. The molecule has 4 N–H and O–H groups in total. The van der Waals surface area contributed by atoms with Gasteiger partial charge in [0.25, 0.3) is 0 Å². The van der Waals surface area contributed by atoms with Crippen molar-refractivity contribution in [3.05, 3.63) is 0 Å². The van der Waals surface area contributed by atoms with E-state index in [-0.39, 0.29) is 5.91 Å². The van der Waals surface area contributed by atoms with Crippen LogP contribution in [0.2, 0.25) is 0 Å². The van der Waals surface area contributed by atoms with Crippen molar-refractivity contribution in [1.29, 1.82) is 0 Å². The van der Waals surface area contributed by atoms with E-state index in [1.54, 1.807) is 20.8 Å². The summed E-state index contributed by atoms with van der Waals surface area (Å²) in [5, 5.41) is 11.2. The Bertz CT molecular complexity index is 398. The van der Waals surface area contributed by atoms with Crippen LogP contribution in [0, 0.1) is 5.41 Å². The summed E-state index contributed by atoms with van der Waals surface area (Å²) in [6, 6.07) is -0.944. The summed E-state index contributed by atoms with van der Waals surface area (Å²) in [5.74, 6) is -3.13. The lowest BCUT2D eigenvalue weighted by Crippen LogP contribution is -2.52. The lowest BCUT2D eigenvalue weighted by molar-refractivity contribution is -0.147. The molecule has 0 aromatic heterocycles. The average molecular weight is 287 g/mol. The highest BCUT2D eigenvalue weighted by Gasteiger charge is 2.28. The van der Waals surface area contributed by atoms with Crippen LogP contribution in [0.3, 0.4) is 0 Å². The van der Waals surface area contributed by atoms with Crippen molar-refractivity contribution in [3.63, 3.8) is 0 Å². The molecule has 0 aliphatic heterocycles. The number of carboxylic acid groups (broad SMARTS) is 1. The normalized spacial score (nSPS) is 12.4. The van der Waals surface area contributed by atoms with Gasteiger partial charge in [-0.25, -0.2) is 0 Å². The summed E-state index contributed by atoms with van der Waals surface area (Å²) >= 11 is 0. The summed E-state index contributed by atoms with van der Waals surface area (Å²) in [6.07, 6.45) is 0. The Morgan fingerprint density at radius 2 is 1.70 bits per heavy atom. The summed E-state index contributed by atoms with van der Waals surface area (Å²) in [7, 11) is 0. The topological polar surface area (TPSA) is 130 Å². The molecule has 0 aromatic rings. The number of carbonyl (C=O) groups excluding carboxylic acids is 3. The van der Waals surface area contributed by atoms with Gasteiger partial charge in [-0.05, 0) is 6.92 Å². The predicted octanol–water partition coefficient (Wildman–Crippen LogP) is -1.06. The van der Waals surface area contributed by atoms with Crippen LogP contribution in [0.15, 0.2) is 0 Å². The van der Waals surface area contributed by atoms with Crippen molar-refractivity contribution in [3.8, 4) is 0 Å². The highest BCUT2D eigenvalue weighted by atomic mass is 16.4. The van der Waals surface area contributed by atoms with Crippen molar-refractivity contribution in [1.82, 2.24) is 10.2 Å². The molecular weight excluding hydrogens is 266 g/mol. The molecule has 20 heavy (non-hydrogen) atoms. The molecule has 0 saturated carbocycles. The van der Waals surface area contributed by atoms with Gasteiger partial charge in [-0.2, -0.15) is 0 Å². The fraction of sp³-hybridized carbons (Fsp3) is 0.667. The number of amides is 3. The van der Waals surface area contributed by atoms with E-state index < -0.39 is 42.3 Å². The Morgan fingerprint density at radius 3 is 2.05 bits per heavy atom. The predicted molar refractivity (Wildman–Crippen MR) is 70.5 cm³/mol. The first-order valence-corrected chi connectivity index (χ1v) is 6.05. The van der Waals surface area contributed by atoms with Crippen molar-refractivity contribution in [2.75, 3.05) is 13.1 Å². The summed E-state index contributed by atoms with van der Waals surface area (Å²) < 4.78 is 0. The van der Waals surface area contributed by atoms with Gasteiger partial charge in [-0.15, -0.1) is 0 Å². The molecule has 0 saturated heterocycles. The lowest BCUT2D eigenvalue weighted by Gasteiger charge is -2.26. The third kappa shape index (κ3) is 6.17. The second kappa shape index (κ2) is 6.88. The SMILES string of the molecule is CC(NC(=O)C(C)(C)C)C(=O)N(CC(N)=O)CC(=O)O. The zero-order valence-corrected chi connectivity index (χ0v) is 12.1. The molecule has 8 heteroatoms. The van der Waals surface area contributed by atoms with Crippen LogP contribution in [0.1, 0.15) is 27.7 Å². The Morgan fingerprint density at radius 1 is 1.20 bits per heavy atom. The number of aliphatic carboxylic acids is 1. The van der Waals surface area contributed by atoms with E-state index >= 15 is 0 Å². The van der Waals surface area contributed by atoms with E-state index in [4.69, 9.17) is 10.8 Å². The van der Waals surface area contributed by atoms with Crippen LogP contribution in [-0.4, -0.2) is 52.8 Å². The number of primary amides is 1. The zero-order valence-electron chi connectivity index (χ0n) is 12.1. The minimum atomic E-state index is -1.27. The molecule has 114 valence electrons. The van der Waals surface area contributed by atoms with Gasteiger partial charge in [0.05, 0.1) is 0 Å². The Kier molecular flexibility index (Phi) is 6.15. The van der Waals surface area contributed by atoms with Crippen molar-refractivity contribution in [2.45, 2.75) is 33.7 Å². The molecule has 0 aliphatic carbocycles. The van der Waals surface area contributed by atoms with Gasteiger partial charge in [-0.1, -0.05) is 20.8 Å². The van der Waals surface area contributed by atoms with E-state index in [0.29, 0.717) is 0 Å². The molecule has 8 nitrogen and oxygen atoms in total. The smallest absolute Gasteiger partial charge is 0.323 e. The molecule has 0 radical (unpaired) electrons. The molecule has 0 spiro atoms. The van der Waals surface area contributed by atoms with Crippen molar-refractivity contribution < 1.29 is 24.3 Å². The zero-order chi connectivity index (χ0) is 16.1. The highest BCUT2D eigenvalue weighted by molar-refractivity contribution is 5.92. The average Bonchev–Trinajstić information content (AvgIpc) is 2.24. The third-order valence-corrected chi connectivity index (χ3v) is 2.38. The first-order chi connectivity index (χ1) is 8.95.